The summed E-state index contributed by atoms with van der Waals surface area (Å²) in [4.78, 5) is 27.2. The summed E-state index contributed by atoms with van der Waals surface area (Å²) in [5, 5.41) is 0. The summed E-state index contributed by atoms with van der Waals surface area (Å²) in [5.41, 5.74) is 2.73. The van der Waals surface area contributed by atoms with Gasteiger partial charge in [0.2, 0.25) is 0 Å². The number of piperidine rings is 1. The van der Waals surface area contributed by atoms with Crippen LogP contribution in [0.1, 0.15) is 23.1 Å². The number of benzene rings is 3. The van der Waals surface area contributed by atoms with E-state index in [-0.39, 0.29) is 11.8 Å². The molecule has 0 aromatic heterocycles. The van der Waals surface area contributed by atoms with Crippen molar-refractivity contribution in [3.8, 4) is 0 Å². The van der Waals surface area contributed by atoms with Gasteiger partial charge in [-0.05, 0) is 23.1 Å². The van der Waals surface area contributed by atoms with Gasteiger partial charge in [-0.25, -0.2) is 0 Å². The van der Waals surface area contributed by atoms with Crippen LogP contribution in [-0.2, 0) is 19.9 Å². The molecule has 2 fully saturated rings. The topological polar surface area (TPSA) is 46.6 Å². The number of rotatable bonds is 4. The molecule has 150 valence electrons. The van der Waals surface area contributed by atoms with Crippen LogP contribution in [0, 0.1) is 11.8 Å². The SMILES string of the molecule is O=C1OC(=O)C2CC1CN(C(c1ccccc1)(c1ccccc1)c1ccccc1)C2. The van der Waals surface area contributed by atoms with E-state index in [9.17, 15) is 9.59 Å². The summed E-state index contributed by atoms with van der Waals surface area (Å²) in [6.07, 6.45) is 0.572. The third-order valence-electron chi connectivity index (χ3n) is 6.37. The number of esters is 2. The van der Waals surface area contributed by atoms with Crippen molar-refractivity contribution in [2.24, 2.45) is 11.8 Å². The molecule has 2 bridgehead atoms. The third kappa shape index (κ3) is 2.96. The van der Waals surface area contributed by atoms with Gasteiger partial charge in [0.1, 0.15) is 0 Å². The fourth-order valence-corrected chi connectivity index (χ4v) is 5.07. The molecular formula is C26H23NO3. The summed E-state index contributed by atoms with van der Waals surface area (Å²) < 4.78 is 5.03. The van der Waals surface area contributed by atoms with Gasteiger partial charge >= 0.3 is 11.9 Å². The van der Waals surface area contributed by atoms with Crippen molar-refractivity contribution in [1.29, 1.82) is 0 Å². The van der Waals surface area contributed by atoms with E-state index in [0.29, 0.717) is 19.5 Å². The highest BCUT2D eigenvalue weighted by molar-refractivity contribution is 5.91. The molecule has 0 spiro atoms. The molecule has 0 N–H and O–H groups in total. The van der Waals surface area contributed by atoms with E-state index in [1.807, 2.05) is 54.6 Å². The van der Waals surface area contributed by atoms with Gasteiger partial charge in [0.25, 0.3) is 0 Å². The number of carbonyl (C=O) groups excluding carboxylic acids is 2. The van der Waals surface area contributed by atoms with Crippen molar-refractivity contribution < 1.29 is 14.3 Å². The monoisotopic (exact) mass is 397 g/mol. The molecular weight excluding hydrogens is 374 g/mol. The zero-order chi connectivity index (χ0) is 20.6. The molecule has 2 heterocycles. The number of hydrogen-bond donors (Lipinski definition) is 0. The van der Waals surface area contributed by atoms with Crippen LogP contribution in [-0.4, -0.2) is 29.9 Å². The number of carbonyl (C=O) groups is 2. The molecule has 2 aliphatic rings. The van der Waals surface area contributed by atoms with Crippen LogP contribution in [0.5, 0.6) is 0 Å². The van der Waals surface area contributed by atoms with Crippen LogP contribution in [0.15, 0.2) is 91.0 Å². The van der Waals surface area contributed by atoms with E-state index in [0.717, 1.165) is 16.7 Å². The summed E-state index contributed by atoms with van der Waals surface area (Å²) in [6, 6.07) is 31.1. The first kappa shape index (κ1) is 18.8. The molecule has 2 unspecified atom stereocenters. The Balaban J connectivity index is 1.76. The molecule has 0 radical (unpaired) electrons. The normalized spacial score (nSPS) is 21.9. The third-order valence-corrected chi connectivity index (χ3v) is 6.37. The lowest BCUT2D eigenvalue weighted by molar-refractivity contribution is -0.178. The molecule has 30 heavy (non-hydrogen) atoms. The Morgan fingerprint density at radius 1 is 0.633 bits per heavy atom. The Morgan fingerprint density at radius 3 is 1.37 bits per heavy atom. The molecule has 0 amide bonds. The van der Waals surface area contributed by atoms with Crippen molar-refractivity contribution >= 4 is 11.9 Å². The van der Waals surface area contributed by atoms with Gasteiger partial charge in [-0.2, -0.15) is 0 Å². The fraction of sp³-hybridized carbons (Fsp3) is 0.231. The lowest BCUT2D eigenvalue weighted by Gasteiger charge is -2.50. The van der Waals surface area contributed by atoms with Crippen molar-refractivity contribution in [2.45, 2.75) is 12.0 Å². The van der Waals surface area contributed by atoms with Crippen LogP contribution >= 0.6 is 0 Å². The quantitative estimate of drug-likeness (QED) is 0.379. The summed E-state index contributed by atoms with van der Waals surface area (Å²) >= 11 is 0. The molecule has 3 aromatic carbocycles. The smallest absolute Gasteiger partial charge is 0.317 e. The Morgan fingerprint density at radius 2 is 1.00 bits per heavy atom. The highest BCUT2D eigenvalue weighted by Gasteiger charge is 2.50. The Labute approximate surface area is 176 Å². The number of cyclic esters (lactones) is 2. The first-order valence-electron chi connectivity index (χ1n) is 10.4. The molecule has 4 nitrogen and oxygen atoms in total. The van der Waals surface area contributed by atoms with Crippen LogP contribution in [0.3, 0.4) is 0 Å². The van der Waals surface area contributed by atoms with Gasteiger partial charge in [-0.3, -0.25) is 14.5 Å². The minimum Gasteiger partial charge on any atom is -0.393 e. The zero-order valence-corrected chi connectivity index (χ0v) is 16.6. The maximum absolute atomic E-state index is 12.4. The fourth-order valence-electron chi connectivity index (χ4n) is 5.07. The van der Waals surface area contributed by atoms with E-state index in [2.05, 4.69) is 41.3 Å². The van der Waals surface area contributed by atoms with E-state index in [4.69, 9.17) is 4.74 Å². The zero-order valence-electron chi connectivity index (χ0n) is 16.6. The van der Waals surface area contributed by atoms with Crippen LogP contribution in [0.25, 0.3) is 0 Å². The average Bonchev–Trinajstić information content (AvgIpc) is 2.81. The van der Waals surface area contributed by atoms with Crippen molar-refractivity contribution in [3.63, 3.8) is 0 Å². The summed E-state index contributed by atoms with van der Waals surface area (Å²) in [6.45, 7) is 1.09. The average molecular weight is 397 g/mol. The van der Waals surface area contributed by atoms with Gasteiger partial charge in [0.05, 0.1) is 17.4 Å². The van der Waals surface area contributed by atoms with Crippen molar-refractivity contribution in [2.75, 3.05) is 13.1 Å². The molecule has 0 saturated carbocycles. The molecule has 2 atom stereocenters. The molecule has 2 aliphatic heterocycles. The van der Waals surface area contributed by atoms with Crippen LogP contribution in [0.4, 0.5) is 0 Å². The maximum atomic E-state index is 12.4. The second-order valence-corrected chi connectivity index (χ2v) is 8.08. The number of fused-ring (bicyclic) bond motifs is 2. The minimum atomic E-state index is -0.612. The van der Waals surface area contributed by atoms with E-state index >= 15 is 0 Å². The van der Waals surface area contributed by atoms with Crippen molar-refractivity contribution in [3.05, 3.63) is 108 Å². The van der Waals surface area contributed by atoms with Gasteiger partial charge in [-0.1, -0.05) is 91.0 Å². The molecule has 2 saturated heterocycles. The molecule has 4 heteroatoms. The predicted molar refractivity (Wildman–Crippen MR) is 113 cm³/mol. The lowest BCUT2D eigenvalue weighted by atomic mass is 9.73. The number of nitrogens with zero attached hydrogens (tertiary/aromatic N) is 1. The molecule has 0 aliphatic carbocycles. The standard InChI is InChI=1S/C26H23NO3/c28-24-19-16-20(25(29)30-24)18-27(17-19)26(21-10-4-1-5-11-21,22-12-6-2-7-13-22)23-14-8-3-9-15-23/h1-15,19-20H,16-18H2. The highest BCUT2D eigenvalue weighted by atomic mass is 16.6. The van der Waals surface area contributed by atoms with Gasteiger partial charge in [-0.15, -0.1) is 0 Å². The van der Waals surface area contributed by atoms with Gasteiger partial charge in [0, 0.05) is 13.1 Å². The molecule has 5 rings (SSSR count). The van der Waals surface area contributed by atoms with E-state index < -0.39 is 17.5 Å². The van der Waals surface area contributed by atoms with Gasteiger partial charge < -0.3 is 4.74 Å². The lowest BCUT2D eigenvalue weighted by Crippen LogP contribution is -2.58. The van der Waals surface area contributed by atoms with E-state index in [1.165, 1.54) is 0 Å². The Bertz CT molecular complexity index is 931. The minimum absolute atomic E-state index is 0.294. The van der Waals surface area contributed by atoms with E-state index in [1.54, 1.807) is 0 Å². The summed E-state index contributed by atoms with van der Waals surface area (Å²) in [5.74, 6) is -1.39. The van der Waals surface area contributed by atoms with Crippen LogP contribution in [0.2, 0.25) is 0 Å². The number of likely N-dealkylation sites (tertiary alicyclic amines) is 1. The number of hydrogen-bond acceptors (Lipinski definition) is 4. The highest BCUT2D eigenvalue weighted by Crippen LogP contribution is 2.45. The Hall–Kier alpha value is -3.24. The molecule has 3 aromatic rings. The van der Waals surface area contributed by atoms with Crippen molar-refractivity contribution in [1.82, 2.24) is 4.90 Å². The van der Waals surface area contributed by atoms with Crippen LogP contribution < -0.4 is 0 Å². The first-order valence-corrected chi connectivity index (χ1v) is 10.4. The second kappa shape index (κ2) is 7.54. The number of ether oxygens (including phenoxy) is 1. The first-order chi connectivity index (χ1) is 14.7. The predicted octanol–water partition coefficient (Wildman–Crippen LogP) is 4.00. The largest absolute Gasteiger partial charge is 0.393 e. The Kier molecular flexibility index (Phi) is 4.72. The second-order valence-electron chi connectivity index (χ2n) is 8.08. The maximum Gasteiger partial charge on any atom is 0.317 e. The summed E-state index contributed by atoms with van der Waals surface area (Å²) in [7, 11) is 0. The van der Waals surface area contributed by atoms with Gasteiger partial charge in [0.15, 0.2) is 0 Å².